The normalized spacial score (nSPS) is 24.5. The summed E-state index contributed by atoms with van der Waals surface area (Å²) < 4.78 is 5.10. The molecule has 1 aliphatic rings. The molecular weight excluding hydrogens is 190 g/mol. The first-order valence-electron chi connectivity index (χ1n) is 5.33. The van der Waals surface area contributed by atoms with Crippen molar-refractivity contribution in [2.75, 3.05) is 12.4 Å². The first kappa shape index (κ1) is 10.2. The van der Waals surface area contributed by atoms with Crippen molar-refractivity contribution in [3.8, 4) is 5.88 Å². The third-order valence-electron chi connectivity index (χ3n) is 2.75. The number of aryl methyl sites for hydroxylation is 1. The van der Waals surface area contributed by atoms with Gasteiger partial charge in [0.1, 0.15) is 11.6 Å². The summed E-state index contributed by atoms with van der Waals surface area (Å²) in [5.74, 6) is 3.07. The van der Waals surface area contributed by atoms with E-state index in [0.717, 1.165) is 17.6 Å². The van der Waals surface area contributed by atoms with Crippen LogP contribution in [0.2, 0.25) is 0 Å². The van der Waals surface area contributed by atoms with Crippen molar-refractivity contribution in [3.63, 3.8) is 0 Å². The zero-order chi connectivity index (χ0) is 10.8. The van der Waals surface area contributed by atoms with Crippen LogP contribution in [0.25, 0.3) is 0 Å². The zero-order valence-corrected chi connectivity index (χ0v) is 9.45. The molecule has 1 fully saturated rings. The van der Waals surface area contributed by atoms with Crippen LogP contribution in [0, 0.1) is 12.8 Å². The maximum atomic E-state index is 5.10. The molecule has 0 saturated heterocycles. The van der Waals surface area contributed by atoms with Gasteiger partial charge in [0.15, 0.2) is 0 Å². The summed E-state index contributed by atoms with van der Waals surface area (Å²) in [5.41, 5.74) is 0. The van der Waals surface area contributed by atoms with Crippen LogP contribution in [-0.2, 0) is 0 Å². The predicted octanol–water partition coefficient (Wildman–Crippen LogP) is 2.00. The van der Waals surface area contributed by atoms with E-state index in [1.807, 2.05) is 13.0 Å². The highest BCUT2D eigenvalue weighted by Gasteiger charge is 2.25. The Bertz CT molecular complexity index is 348. The van der Waals surface area contributed by atoms with E-state index < -0.39 is 0 Å². The molecule has 0 radical (unpaired) electrons. The molecule has 15 heavy (non-hydrogen) atoms. The van der Waals surface area contributed by atoms with Crippen LogP contribution in [0.5, 0.6) is 5.88 Å². The van der Waals surface area contributed by atoms with E-state index in [1.54, 1.807) is 7.11 Å². The Hall–Kier alpha value is -1.32. The molecule has 0 aromatic carbocycles. The third kappa shape index (κ3) is 2.37. The topological polar surface area (TPSA) is 47.0 Å². The molecule has 0 unspecified atom stereocenters. The lowest BCUT2D eigenvalue weighted by atomic mass is 9.82. The molecule has 1 heterocycles. The van der Waals surface area contributed by atoms with E-state index in [1.165, 1.54) is 12.8 Å². The van der Waals surface area contributed by atoms with Gasteiger partial charge in [-0.2, -0.15) is 4.98 Å². The molecule has 0 atom stereocenters. The summed E-state index contributed by atoms with van der Waals surface area (Å²) in [6, 6.07) is 2.41. The second-order valence-corrected chi connectivity index (χ2v) is 4.26. The van der Waals surface area contributed by atoms with Crippen LogP contribution in [0.1, 0.15) is 25.6 Å². The van der Waals surface area contributed by atoms with Crippen LogP contribution in [0.3, 0.4) is 0 Å². The van der Waals surface area contributed by atoms with Crippen molar-refractivity contribution in [1.82, 2.24) is 9.97 Å². The molecule has 1 aromatic rings. The van der Waals surface area contributed by atoms with Gasteiger partial charge in [-0.3, -0.25) is 0 Å². The van der Waals surface area contributed by atoms with Gasteiger partial charge >= 0.3 is 0 Å². The molecule has 82 valence electrons. The van der Waals surface area contributed by atoms with Crippen LogP contribution < -0.4 is 10.1 Å². The van der Waals surface area contributed by atoms with Crippen LogP contribution >= 0.6 is 0 Å². The van der Waals surface area contributed by atoms with E-state index in [4.69, 9.17) is 4.74 Å². The third-order valence-corrected chi connectivity index (χ3v) is 2.75. The summed E-state index contributed by atoms with van der Waals surface area (Å²) >= 11 is 0. The number of nitrogens with one attached hydrogen (secondary N) is 1. The fourth-order valence-corrected chi connectivity index (χ4v) is 1.95. The van der Waals surface area contributed by atoms with Gasteiger partial charge in [-0.05, 0) is 25.7 Å². The minimum Gasteiger partial charge on any atom is -0.481 e. The number of hydrogen-bond acceptors (Lipinski definition) is 4. The molecular formula is C11H17N3O. The lowest BCUT2D eigenvalue weighted by Crippen LogP contribution is -2.34. The number of anilines is 1. The van der Waals surface area contributed by atoms with E-state index in [-0.39, 0.29) is 0 Å². The van der Waals surface area contributed by atoms with Gasteiger partial charge in [0.2, 0.25) is 5.88 Å². The molecule has 4 heteroatoms. The number of hydrogen-bond donors (Lipinski definition) is 1. The largest absolute Gasteiger partial charge is 0.481 e. The van der Waals surface area contributed by atoms with Crippen LogP contribution in [0.15, 0.2) is 6.07 Å². The van der Waals surface area contributed by atoms with Gasteiger partial charge in [0.05, 0.1) is 7.11 Å². The Morgan fingerprint density at radius 2 is 2.13 bits per heavy atom. The van der Waals surface area contributed by atoms with Gasteiger partial charge in [-0.25, -0.2) is 4.98 Å². The molecule has 1 aliphatic carbocycles. The minimum atomic E-state index is 0.569. The van der Waals surface area contributed by atoms with Crippen LogP contribution in [0.4, 0.5) is 5.82 Å². The number of methoxy groups -OCH3 is 1. The summed E-state index contributed by atoms with van der Waals surface area (Å²) in [7, 11) is 1.62. The second-order valence-electron chi connectivity index (χ2n) is 4.26. The van der Waals surface area contributed by atoms with Gasteiger partial charge in [0.25, 0.3) is 0 Å². The van der Waals surface area contributed by atoms with Gasteiger partial charge in [-0.15, -0.1) is 0 Å². The first-order chi connectivity index (χ1) is 7.17. The first-order valence-corrected chi connectivity index (χ1v) is 5.33. The van der Waals surface area contributed by atoms with Crippen molar-refractivity contribution >= 4 is 5.82 Å². The fraction of sp³-hybridized carbons (Fsp3) is 0.636. The summed E-state index contributed by atoms with van der Waals surface area (Å²) in [5, 5.41) is 3.39. The quantitative estimate of drug-likeness (QED) is 0.823. The number of aromatic nitrogens is 2. The predicted molar refractivity (Wildman–Crippen MR) is 59.1 cm³/mol. The van der Waals surface area contributed by atoms with E-state index in [9.17, 15) is 0 Å². The minimum absolute atomic E-state index is 0.569. The highest BCUT2D eigenvalue weighted by Crippen LogP contribution is 2.29. The highest BCUT2D eigenvalue weighted by molar-refractivity contribution is 5.39. The molecule has 0 amide bonds. The highest BCUT2D eigenvalue weighted by atomic mass is 16.5. The lowest BCUT2D eigenvalue weighted by Gasteiger charge is -2.33. The monoisotopic (exact) mass is 207 g/mol. The molecule has 0 aliphatic heterocycles. The van der Waals surface area contributed by atoms with E-state index >= 15 is 0 Å². The maximum absolute atomic E-state index is 5.10. The SMILES string of the molecule is COc1cc(NC2CC(C)C2)nc(C)n1. The molecule has 1 N–H and O–H groups in total. The smallest absolute Gasteiger partial charge is 0.218 e. The standard InChI is InChI=1S/C11H17N3O/c1-7-4-9(5-7)14-10-6-11(15-3)13-8(2)12-10/h6-7,9H,4-5H2,1-3H3,(H,12,13,14). The van der Waals surface area contributed by atoms with Crippen molar-refractivity contribution in [3.05, 3.63) is 11.9 Å². The van der Waals surface area contributed by atoms with Crippen molar-refractivity contribution in [1.29, 1.82) is 0 Å². The average molecular weight is 207 g/mol. The van der Waals surface area contributed by atoms with Crippen LogP contribution in [-0.4, -0.2) is 23.1 Å². The van der Waals surface area contributed by atoms with Gasteiger partial charge in [0, 0.05) is 12.1 Å². The second kappa shape index (κ2) is 4.04. The average Bonchev–Trinajstić information content (AvgIpc) is 2.14. The Balaban J connectivity index is 2.04. The summed E-state index contributed by atoms with van der Waals surface area (Å²) in [4.78, 5) is 8.47. The molecule has 1 saturated carbocycles. The molecule has 4 nitrogen and oxygen atoms in total. The molecule has 0 spiro atoms. The molecule has 0 bridgehead atoms. The lowest BCUT2D eigenvalue weighted by molar-refractivity contribution is 0.308. The van der Waals surface area contributed by atoms with E-state index in [0.29, 0.717) is 11.9 Å². The maximum Gasteiger partial charge on any atom is 0.218 e. The zero-order valence-electron chi connectivity index (χ0n) is 9.45. The Kier molecular flexibility index (Phi) is 2.75. The van der Waals surface area contributed by atoms with Gasteiger partial charge < -0.3 is 10.1 Å². The summed E-state index contributed by atoms with van der Waals surface area (Å²) in [6.45, 7) is 4.14. The number of rotatable bonds is 3. The van der Waals surface area contributed by atoms with Crippen molar-refractivity contribution in [2.45, 2.75) is 32.7 Å². The Morgan fingerprint density at radius 3 is 2.73 bits per heavy atom. The van der Waals surface area contributed by atoms with Gasteiger partial charge in [-0.1, -0.05) is 6.92 Å². The Labute approximate surface area is 90.1 Å². The number of ether oxygens (including phenoxy) is 1. The fourth-order valence-electron chi connectivity index (χ4n) is 1.95. The Morgan fingerprint density at radius 1 is 1.40 bits per heavy atom. The van der Waals surface area contributed by atoms with Crippen molar-refractivity contribution in [2.24, 2.45) is 5.92 Å². The summed E-state index contributed by atoms with van der Waals surface area (Å²) in [6.07, 6.45) is 2.46. The van der Waals surface area contributed by atoms with Crippen molar-refractivity contribution < 1.29 is 4.74 Å². The molecule has 2 rings (SSSR count). The number of nitrogens with zero attached hydrogens (tertiary/aromatic N) is 2. The molecule has 1 aromatic heterocycles. The van der Waals surface area contributed by atoms with E-state index in [2.05, 4.69) is 22.2 Å².